The van der Waals surface area contributed by atoms with Crippen molar-refractivity contribution in [2.45, 2.75) is 51.7 Å². The molecule has 0 unspecified atom stereocenters. The van der Waals surface area contributed by atoms with Crippen molar-refractivity contribution in [3.05, 3.63) is 76.1 Å². The molecule has 1 atom stereocenters. The molecule has 1 saturated heterocycles. The maximum Gasteiger partial charge on any atom is 0.276 e. The maximum absolute atomic E-state index is 14.9. The predicted molar refractivity (Wildman–Crippen MR) is 153 cm³/mol. The molecule has 15 heteroatoms. The van der Waals surface area contributed by atoms with E-state index in [0.717, 1.165) is 37.6 Å². The summed E-state index contributed by atoms with van der Waals surface area (Å²) in [6, 6.07) is 1.98. The molecule has 4 heterocycles. The van der Waals surface area contributed by atoms with Crippen molar-refractivity contribution in [1.82, 2.24) is 29.7 Å². The second kappa shape index (κ2) is 11.2. The number of nitrogens with zero attached hydrogens (tertiary/aromatic N) is 7. The SMILES string of the molecule is Cc1nc(C2(n3cc(NC(=O)c4nc(-c5c(C(F)F)ccc(Cl)c5F)cnc4CO)cn3)CC2)cnc1N1CC[C@@H](C)C1=O. The highest BCUT2D eigenvalue weighted by Gasteiger charge is 2.49. The van der Waals surface area contributed by atoms with Crippen LogP contribution in [0.4, 0.5) is 24.7 Å². The van der Waals surface area contributed by atoms with Crippen molar-refractivity contribution >= 4 is 34.9 Å². The molecule has 2 N–H and O–H groups in total. The summed E-state index contributed by atoms with van der Waals surface area (Å²) < 4.78 is 43.9. The fourth-order valence-electron chi connectivity index (χ4n) is 5.37. The number of hydrogen-bond acceptors (Lipinski definition) is 8. The van der Waals surface area contributed by atoms with Gasteiger partial charge in [-0.25, -0.2) is 23.1 Å². The Morgan fingerprint density at radius 3 is 2.61 bits per heavy atom. The lowest BCUT2D eigenvalue weighted by Crippen LogP contribution is -2.29. The van der Waals surface area contributed by atoms with Crippen LogP contribution in [0.2, 0.25) is 5.02 Å². The van der Waals surface area contributed by atoms with Gasteiger partial charge < -0.3 is 10.4 Å². The van der Waals surface area contributed by atoms with Crippen molar-refractivity contribution in [3.63, 3.8) is 0 Å². The van der Waals surface area contributed by atoms with Gasteiger partial charge in [-0.3, -0.25) is 29.1 Å². The number of carbonyl (C=O) groups excluding carboxylic acids is 2. The van der Waals surface area contributed by atoms with E-state index < -0.39 is 46.4 Å². The summed E-state index contributed by atoms with van der Waals surface area (Å²) in [4.78, 5) is 44.8. The topological polar surface area (TPSA) is 139 Å². The number of hydrogen-bond donors (Lipinski definition) is 2. The minimum atomic E-state index is -3.05. The van der Waals surface area contributed by atoms with Crippen LogP contribution in [0.25, 0.3) is 11.3 Å². The van der Waals surface area contributed by atoms with E-state index in [-0.39, 0.29) is 34.6 Å². The van der Waals surface area contributed by atoms with E-state index in [0.29, 0.717) is 23.8 Å². The molecule has 2 fully saturated rings. The molecule has 2 amide bonds. The number of carbonyl (C=O) groups is 2. The van der Waals surface area contributed by atoms with Gasteiger partial charge in [-0.2, -0.15) is 5.10 Å². The van der Waals surface area contributed by atoms with Crippen LogP contribution < -0.4 is 10.2 Å². The number of halogens is 4. The molecule has 1 saturated carbocycles. The third kappa shape index (κ3) is 5.07. The molecule has 228 valence electrons. The van der Waals surface area contributed by atoms with Gasteiger partial charge in [0.15, 0.2) is 17.3 Å². The number of aryl methyl sites for hydroxylation is 1. The van der Waals surface area contributed by atoms with Gasteiger partial charge in [-0.15, -0.1) is 0 Å². The standard InChI is InChI=1S/C29H26ClF3N8O3/c1-14-5-8-40(28(14)44)26-15(2)37-21(11-35-26)29(6-7-29)41-12-16(9-36-41)38-27(43)24-20(13-42)34-10-19(39-24)22-17(25(32)33)3-4-18(30)23(22)31/h3-4,9-12,14,25,42H,5-8,13H2,1-2H3,(H,38,43)/t14-/m1/s1. The van der Waals surface area contributed by atoms with E-state index in [4.69, 9.17) is 16.6 Å². The number of aromatic nitrogens is 6. The fraction of sp³-hybridized carbons (Fsp3) is 0.345. The average Bonchev–Trinajstić information content (AvgIpc) is 3.58. The molecular formula is C29H26ClF3N8O3. The van der Waals surface area contributed by atoms with Crippen LogP contribution in [0.5, 0.6) is 0 Å². The van der Waals surface area contributed by atoms with Crippen LogP contribution in [0.15, 0.2) is 36.9 Å². The molecule has 4 aromatic rings. The number of nitrogens with one attached hydrogen (secondary N) is 1. The van der Waals surface area contributed by atoms with Gasteiger partial charge in [0.25, 0.3) is 12.3 Å². The first-order chi connectivity index (χ1) is 21.0. The molecular weight excluding hydrogens is 601 g/mol. The van der Waals surface area contributed by atoms with Gasteiger partial charge >= 0.3 is 0 Å². The van der Waals surface area contributed by atoms with Crippen LogP contribution in [-0.4, -0.2) is 53.2 Å². The first-order valence-electron chi connectivity index (χ1n) is 13.8. The molecule has 3 aromatic heterocycles. The van der Waals surface area contributed by atoms with E-state index in [9.17, 15) is 27.9 Å². The minimum absolute atomic E-state index is 0.0236. The zero-order chi connectivity index (χ0) is 31.3. The van der Waals surface area contributed by atoms with E-state index >= 15 is 0 Å². The molecule has 1 aliphatic heterocycles. The molecule has 44 heavy (non-hydrogen) atoms. The Hall–Kier alpha value is -4.43. The summed E-state index contributed by atoms with van der Waals surface area (Å²) in [6.07, 6.45) is 4.79. The summed E-state index contributed by atoms with van der Waals surface area (Å²) in [5.74, 6) is -1.45. The van der Waals surface area contributed by atoms with Crippen molar-refractivity contribution in [3.8, 4) is 11.3 Å². The predicted octanol–water partition coefficient (Wildman–Crippen LogP) is 4.82. The number of alkyl halides is 2. The fourth-order valence-corrected chi connectivity index (χ4v) is 5.53. The van der Waals surface area contributed by atoms with E-state index in [1.54, 1.807) is 28.9 Å². The molecule has 11 nitrogen and oxygen atoms in total. The molecule has 1 aliphatic carbocycles. The summed E-state index contributed by atoms with van der Waals surface area (Å²) in [6.45, 7) is 3.60. The second-order valence-electron chi connectivity index (χ2n) is 10.8. The lowest BCUT2D eigenvalue weighted by molar-refractivity contribution is -0.119. The number of rotatable bonds is 8. The number of amides is 2. The van der Waals surface area contributed by atoms with E-state index in [1.165, 1.54) is 6.20 Å². The molecule has 1 aromatic carbocycles. The van der Waals surface area contributed by atoms with Gasteiger partial charge in [0.2, 0.25) is 5.91 Å². The maximum atomic E-state index is 14.9. The van der Waals surface area contributed by atoms with E-state index in [1.807, 2.05) is 6.92 Å². The first kappa shape index (κ1) is 29.6. The number of anilines is 2. The van der Waals surface area contributed by atoms with Crippen molar-refractivity contribution in [2.75, 3.05) is 16.8 Å². The van der Waals surface area contributed by atoms with Crippen LogP contribution in [0.3, 0.4) is 0 Å². The monoisotopic (exact) mass is 626 g/mol. The Bertz CT molecular complexity index is 1800. The highest BCUT2D eigenvalue weighted by atomic mass is 35.5. The van der Waals surface area contributed by atoms with Crippen LogP contribution in [0.1, 0.15) is 65.7 Å². The Kier molecular flexibility index (Phi) is 7.58. The van der Waals surface area contributed by atoms with Gasteiger partial charge in [-0.1, -0.05) is 24.6 Å². The lowest BCUT2D eigenvalue weighted by Gasteiger charge is -2.20. The minimum Gasteiger partial charge on any atom is -0.390 e. The largest absolute Gasteiger partial charge is 0.390 e. The molecule has 2 aliphatic rings. The van der Waals surface area contributed by atoms with Crippen LogP contribution >= 0.6 is 11.6 Å². The van der Waals surface area contributed by atoms with Crippen molar-refractivity contribution < 1.29 is 27.9 Å². The lowest BCUT2D eigenvalue weighted by atomic mass is 10.0. The zero-order valence-electron chi connectivity index (χ0n) is 23.6. The normalized spacial score (nSPS) is 17.4. The Labute approximate surface area is 254 Å². The second-order valence-corrected chi connectivity index (χ2v) is 11.2. The summed E-state index contributed by atoms with van der Waals surface area (Å²) >= 11 is 5.83. The highest BCUT2D eigenvalue weighted by Crippen LogP contribution is 2.48. The average molecular weight is 627 g/mol. The number of benzene rings is 1. The Balaban J connectivity index is 1.26. The molecule has 0 spiro atoms. The molecule has 6 rings (SSSR count). The van der Waals surface area contributed by atoms with Gasteiger partial charge in [0, 0.05) is 29.8 Å². The Morgan fingerprint density at radius 2 is 1.98 bits per heavy atom. The Morgan fingerprint density at radius 1 is 1.20 bits per heavy atom. The van der Waals surface area contributed by atoms with Crippen molar-refractivity contribution in [2.24, 2.45) is 5.92 Å². The smallest absolute Gasteiger partial charge is 0.276 e. The van der Waals surface area contributed by atoms with Crippen molar-refractivity contribution in [1.29, 1.82) is 0 Å². The third-order valence-electron chi connectivity index (χ3n) is 7.96. The van der Waals surface area contributed by atoms with Gasteiger partial charge in [0.05, 0.1) is 58.7 Å². The summed E-state index contributed by atoms with van der Waals surface area (Å²) in [7, 11) is 0. The van der Waals surface area contributed by atoms with Crippen LogP contribution in [0, 0.1) is 18.7 Å². The molecule has 0 bridgehead atoms. The molecule has 0 radical (unpaired) electrons. The number of aliphatic hydroxyl groups is 1. The summed E-state index contributed by atoms with van der Waals surface area (Å²) in [5, 5.41) is 16.4. The quantitative estimate of drug-likeness (QED) is 0.284. The van der Waals surface area contributed by atoms with Crippen LogP contribution in [-0.2, 0) is 16.9 Å². The summed E-state index contributed by atoms with van der Waals surface area (Å²) in [5.41, 5.74) is -1.17. The third-order valence-corrected chi connectivity index (χ3v) is 8.25. The first-order valence-corrected chi connectivity index (χ1v) is 14.2. The van der Waals surface area contributed by atoms with E-state index in [2.05, 4.69) is 25.4 Å². The zero-order valence-corrected chi connectivity index (χ0v) is 24.3. The highest BCUT2D eigenvalue weighted by molar-refractivity contribution is 6.31. The van der Waals surface area contributed by atoms with Gasteiger partial charge in [0.1, 0.15) is 5.54 Å². The van der Waals surface area contributed by atoms with Gasteiger partial charge in [-0.05, 0) is 32.3 Å². The number of aliphatic hydroxyl groups excluding tert-OH is 1.